The second-order valence-electron chi connectivity index (χ2n) is 4.36. The minimum atomic E-state index is -0.155. The van der Waals surface area contributed by atoms with E-state index in [9.17, 15) is 0 Å². The molecule has 4 unspecified atom stereocenters. The van der Waals surface area contributed by atoms with Crippen LogP contribution in [-0.4, -0.2) is 9.75 Å². The van der Waals surface area contributed by atoms with Crippen LogP contribution in [0, 0.1) is 11.8 Å². The van der Waals surface area contributed by atoms with Crippen LogP contribution in [0.3, 0.4) is 0 Å². The van der Waals surface area contributed by atoms with Crippen LogP contribution in [0.4, 0.5) is 0 Å². The lowest BCUT2D eigenvalue weighted by Gasteiger charge is -2.40. The summed E-state index contributed by atoms with van der Waals surface area (Å²) >= 11 is 12.8. The molecule has 11 heavy (non-hydrogen) atoms. The summed E-state index contributed by atoms with van der Waals surface area (Å²) in [6, 6.07) is 0. The number of alkyl halides is 2. The molecule has 0 amide bonds. The molecule has 0 aliphatic heterocycles. The third-order valence-electron chi connectivity index (χ3n) is 3.92. The fraction of sp³-hybridized carbons (Fsp3) is 1.00. The van der Waals surface area contributed by atoms with Crippen molar-refractivity contribution in [2.24, 2.45) is 11.8 Å². The number of fused-ring (bicyclic) bond motifs is 2. The number of rotatable bonds is 0. The largest absolute Gasteiger partial charge is 0.117 e. The molecule has 2 bridgehead atoms. The van der Waals surface area contributed by atoms with Gasteiger partial charge < -0.3 is 0 Å². The quantitative estimate of drug-likeness (QED) is 0.517. The maximum Gasteiger partial charge on any atom is 0.0638 e. The van der Waals surface area contributed by atoms with Crippen molar-refractivity contribution in [3.63, 3.8) is 0 Å². The van der Waals surface area contributed by atoms with Gasteiger partial charge in [-0.25, -0.2) is 0 Å². The first-order valence-corrected chi connectivity index (χ1v) is 5.09. The Kier molecular flexibility index (Phi) is 1.55. The zero-order valence-electron chi connectivity index (χ0n) is 7.03. The van der Waals surface area contributed by atoms with Gasteiger partial charge in [0.15, 0.2) is 0 Å². The van der Waals surface area contributed by atoms with Crippen molar-refractivity contribution in [2.75, 3.05) is 0 Å². The molecule has 0 saturated heterocycles. The van der Waals surface area contributed by atoms with Crippen LogP contribution in [0.15, 0.2) is 0 Å². The highest BCUT2D eigenvalue weighted by atomic mass is 35.5. The number of hydrogen-bond donors (Lipinski definition) is 0. The summed E-state index contributed by atoms with van der Waals surface area (Å²) in [6.07, 6.45) is 3.82. The van der Waals surface area contributed by atoms with Crippen LogP contribution in [0.5, 0.6) is 0 Å². The van der Waals surface area contributed by atoms with E-state index < -0.39 is 0 Å². The topological polar surface area (TPSA) is 0 Å². The second kappa shape index (κ2) is 2.09. The van der Waals surface area contributed by atoms with Gasteiger partial charge in [-0.2, -0.15) is 0 Å². The van der Waals surface area contributed by atoms with Gasteiger partial charge in [0, 0.05) is 0 Å². The molecule has 2 saturated carbocycles. The molecule has 0 nitrogen and oxygen atoms in total. The molecular weight excluding hydrogens is 179 g/mol. The van der Waals surface area contributed by atoms with E-state index in [1.54, 1.807) is 0 Å². The van der Waals surface area contributed by atoms with Crippen molar-refractivity contribution in [3.05, 3.63) is 0 Å². The van der Waals surface area contributed by atoms with Gasteiger partial charge in [0.05, 0.1) is 9.75 Å². The van der Waals surface area contributed by atoms with Crippen LogP contribution in [0.25, 0.3) is 0 Å². The average molecular weight is 193 g/mol. The van der Waals surface area contributed by atoms with E-state index in [4.69, 9.17) is 23.2 Å². The number of halogens is 2. The minimum Gasteiger partial charge on any atom is -0.117 e. The van der Waals surface area contributed by atoms with Crippen LogP contribution >= 0.6 is 23.2 Å². The zero-order valence-corrected chi connectivity index (χ0v) is 8.54. The third kappa shape index (κ3) is 0.833. The highest BCUT2D eigenvalue weighted by Gasteiger charge is 2.61. The Labute approximate surface area is 78.3 Å². The van der Waals surface area contributed by atoms with Crippen LogP contribution in [0.2, 0.25) is 0 Å². The minimum absolute atomic E-state index is 0.155. The Bertz CT molecular complexity index is 164. The second-order valence-corrected chi connectivity index (χ2v) is 5.93. The van der Waals surface area contributed by atoms with E-state index in [0.717, 1.165) is 0 Å². The Morgan fingerprint density at radius 2 is 1.36 bits per heavy atom. The molecule has 2 aliphatic rings. The van der Waals surface area contributed by atoms with Crippen molar-refractivity contribution >= 4 is 23.2 Å². The monoisotopic (exact) mass is 192 g/mol. The average Bonchev–Trinajstić information content (AvgIpc) is 2.37. The SMILES string of the molecule is CC1(Cl)C2CCC(C2)C1(C)Cl. The van der Waals surface area contributed by atoms with Gasteiger partial charge >= 0.3 is 0 Å². The first-order chi connectivity index (χ1) is 4.96. The maximum absolute atomic E-state index is 6.42. The Morgan fingerprint density at radius 1 is 1.00 bits per heavy atom. The standard InChI is InChI=1S/C9H14Cl2/c1-8(10)6-3-4-7(5-6)9(8,2)11/h6-7H,3-5H2,1-2H3. The predicted molar refractivity (Wildman–Crippen MR) is 49.3 cm³/mol. The first-order valence-electron chi connectivity index (χ1n) is 4.34. The molecule has 4 atom stereocenters. The van der Waals surface area contributed by atoms with E-state index in [2.05, 4.69) is 13.8 Å². The Morgan fingerprint density at radius 3 is 1.55 bits per heavy atom. The molecule has 0 aromatic heterocycles. The van der Waals surface area contributed by atoms with Crippen molar-refractivity contribution in [1.82, 2.24) is 0 Å². The van der Waals surface area contributed by atoms with Gasteiger partial charge in [0.1, 0.15) is 0 Å². The van der Waals surface area contributed by atoms with Gasteiger partial charge in [0.25, 0.3) is 0 Å². The van der Waals surface area contributed by atoms with Crippen molar-refractivity contribution < 1.29 is 0 Å². The predicted octanol–water partition coefficient (Wildman–Crippen LogP) is 3.41. The summed E-state index contributed by atoms with van der Waals surface area (Å²) in [5.41, 5.74) is 0. The lowest BCUT2D eigenvalue weighted by Crippen LogP contribution is -2.45. The van der Waals surface area contributed by atoms with E-state index >= 15 is 0 Å². The summed E-state index contributed by atoms with van der Waals surface area (Å²) < 4.78 is 0. The lowest BCUT2D eigenvalue weighted by molar-refractivity contribution is 0.314. The molecule has 2 aliphatic carbocycles. The van der Waals surface area contributed by atoms with Gasteiger partial charge in [-0.1, -0.05) is 0 Å². The van der Waals surface area contributed by atoms with Crippen LogP contribution < -0.4 is 0 Å². The molecule has 2 fully saturated rings. The van der Waals surface area contributed by atoms with Gasteiger partial charge in [-0.3, -0.25) is 0 Å². The number of hydrogen-bond acceptors (Lipinski definition) is 0. The molecule has 0 aromatic carbocycles. The molecule has 0 spiro atoms. The molecule has 0 N–H and O–H groups in total. The molecule has 0 radical (unpaired) electrons. The van der Waals surface area contributed by atoms with Crippen LogP contribution in [-0.2, 0) is 0 Å². The Hall–Kier alpha value is 0.580. The fourth-order valence-corrected chi connectivity index (χ4v) is 3.47. The molecule has 0 aromatic rings. The van der Waals surface area contributed by atoms with E-state index in [-0.39, 0.29) is 9.75 Å². The lowest BCUT2D eigenvalue weighted by atomic mass is 9.80. The van der Waals surface area contributed by atoms with E-state index in [1.807, 2.05) is 0 Å². The Balaban J connectivity index is 2.36. The summed E-state index contributed by atoms with van der Waals surface area (Å²) in [5, 5.41) is 0. The van der Waals surface area contributed by atoms with Crippen molar-refractivity contribution in [1.29, 1.82) is 0 Å². The van der Waals surface area contributed by atoms with Gasteiger partial charge in [-0.15, -0.1) is 23.2 Å². The molecule has 64 valence electrons. The fourth-order valence-electron chi connectivity index (χ4n) is 2.76. The van der Waals surface area contributed by atoms with Crippen molar-refractivity contribution in [3.8, 4) is 0 Å². The summed E-state index contributed by atoms with van der Waals surface area (Å²) in [4.78, 5) is -0.311. The zero-order chi connectivity index (χ0) is 8.28. The van der Waals surface area contributed by atoms with Crippen LogP contribution in [0.1, 0.15) is 33.1 Å². The van der Waals surface area contributed by atoms with Crippen molar-refractivity contribution in [2.45, 2.75) is 42.9 Å². The molecule has 2 heteroatoms. The van der Waals surface area contributed by atoms with E-state index in [0.29, 0.717) is 11.8 Å². The summed E-state index contributed by atoms with van der Waals surface area (Å²) in [5.74, 6) is 1.33. The molecular formula is C9H14Cl2. The van der Waals surface area contributed by atoms with Gasteiger partial charge in [-0.05, 0) is 44.9 Å². The normalized spacial score (nSPS) is 62.2. The molecule has 2 rings (SSSR count). The first kappa shape index (κ1) is 8.19. The maximum atomic E-state index is 6.42. The summed E-state index contributed by atoms with van der Waals surface area (Å²) in [7, 11) is 0. The highest BCUT2D eigenvalue weighted by Crippen LogP contribution is 2.62. The molecule has 0 heterocycles. The third-order valence-corrected chi connectivity index (χ3v) is 5.42. The summed E-state index contributed by atoms with van der Waals surface area (Å²) in [6.45, 7) is 4.21. The van der Waals surface area contributed by atoms with E-state index in [1.165, 1.54) is 19.3 Å². The smallest absolute Gasteiger partial charge is 0.0638 e. The highest BCUT2D eigenvalue weighted by molar-refractivity contribution is 6.35. The van der Waals surface area contributed by atoms with Gasteiger partial charge in [0.2, 0.25) is 0 Å².